The Labute approximate surface area is 168 Å². The fourth-order valence-electron chi connectivity index (χ4n) is 5.15. The van der Waals surface area contributed by atoms with Crippen LogP contribution in [0.15, 0.2) is 30.3 Å². The monoisotopic (exact) mass is 384 g/mol. The number of piperazine rings is 1. The van der Waals surface area contributed by atoms with E-state index in [1.807, 2.05) is 0 Å². The zero-order valence-electron chi connectivity index (χ0n) is 17.3. The average Bonchev–Trinajstić information content (AvgIpc) is 3.24. The Kier molecular flexibility index (Phi) is 6.70. The van der Waals surface area contributed by atoms with Gasteiger partial charge in [-0.25, -0.2) is 4.68 Å². The van der Waals surface area contributed by atoms with E-state index >= 15 is 0 Å². The topological polar surface area (TPSA) is 52.5 Å². The third-order valence-corrected chi connectivity index (χ3v) is 6.72. The molecule has 0 bridgehead atoms. The molecule has 28 heavy (non-hydrogen) atoms. The summed E-state index contributed by atoms with van der Waals surface area (Å²) < 4.78 is 2.20. The smallest absolute Gasteiger partial charge is 0.209 e. The molecule has 2 heterocycles. The first-order valence-corrected chi connectivity index (χ1v) is 11.3. The molecular weight excluding hydrogens is 348 g/mol. The highest BCUT2D eigenvalue weighted by Crippen LogP contribution is 2.29. The second-order valence-electron chi connectivity index (χ2n) is 8.69. The maximum Gasteiger partial charge on any atom is 0.209 e. The van der Waals surface area contributed by atoms with Crippen LogP contribution in [0, 0.1) is 0 Å². The van der Waals surface area contributed by atoms with Gasteiger partial charge in [-0.3, -0.25) is 0 Å². The number of nitrogens with zero attached hydrogens (tertiary/aromatic N) is 4. The Morgan fingerprint density at radius 3 is 2.50 bits per heavy atom. The minimum atomic E-state index is 0.445. The van der Waals surface area contributed by atoms with Crippen LogP contribution in [0.2, 0.25) is 0 Å². The molecule has 2 aromatic rings. The zero-order valence-corrected chi connectivity index (χ0v) is 17.3. The molecule has 4 rings (SSSR count). The molecule has 0 amide bonds. The van der Waals surface area contributed by atoms with Crippen molar-refractivity contribution in [1.29, 1.82) is 0 Å². The molecule has 1 saturated heterocycles. The van der Waals surface area contributed by atoms with E-state index in [0.717, 1.165) is 12.4 Å². The zero-order chi connectivity index (χ0) is 19.2. The number of nitrogens with one attached hydrogen (secondary N) is 2. The van der Waals surface area contributed by atoms with Crippen molar-refractivity contribution in [3.8, 4) is 0 Å². The molecular formula is C22H36N6+2. The van der Waals surface area contributed by atoms with E-state index in [-0.39, 0.29) is 0 Å². The van der Waals surface area contributed by atoms with Gasteiger partial charge in [0.2, 0.25) is 5.82 Å². The number of hydrogen-bond donors (Lipinski definition) is 2. The van der Waals surface area contributed by atoms with Gasteiger partial charge in [-0.2, -0.15) is 0 Å². The van der Waals surface area contributed by atoms with Crippen LogP contribution in [0.5, 0.6) is 0 Å². The first-order valence-electron chi connectivity index (χ1n) is 11.3. The minimum Gasteiger partial charge on any atom is -0.322 e. The van der Waals surface area contributed by atoms with Crippen LogP contribution in [0.25, 0.3) is 0 Å². The van der Waals surface area contributed by atoms with E-state index in [0.29, 0.717) is 12.1 Å². The van der Waals surface area contributed by atoms with Crippen molar-refractivity contribution in [2.24, 2.45) is 0 Å². The summed E-state index contributed by atoms with van der Waals surface area (Å²) in [6, 6.07) is 11.9. The van der Waals surface area contributed by atoms with E-state index in [2.05, 4.69) is 57.5 Å². The number of benzene rings is 1. The Morgan fingerprint density at radius 1 is 1.04 bits per heavy atom. The summed E-state index contributed by atoms with van der Waals surface area (Å²) in [5.74, 6) is 1.15. The van der Waals surface area contributed by atoms with E-state index in [1.165, 1.54) is 76.7 Å². The Balaban J connectivity index is 1.41. The van der Waals surface area contributed by atoms with Crippen LogP contribution in [0.3, 0.4) is 0 Å². The summed E-state index contributed by atoms with van der Waals surface area (Å²) in [6.07, 6.45) is 8.84. The van der Waals surface area contributed by atoms with Gasteiger partial charge in [-0.05, 0) is 23.3 Å². The van der Waals surface area contributed by atoms with Gasteiger partial charge in [0, 0.05) is 12.0 Å². The average molecular weight is 385 g/mol. The van der Waals surface area contributed by atoms with Gasteiger partial charge in [0.05, 0.1) is 6.04 Å². The summed E-state index contributed by atoms with van der Waals surface area (Å²) in [7, 11) is 0. The van der Waals surface area contributed by atoms with Crippen LogP contribution >= 0.6 is 0 Å². The maximum atomic E-state index is 4.55. The molecule has 2 N–H and O–H groups in total. The lowest BCUT2D eigenvalue weighted by atomic mass is 9.95. The second kappa shape index (κ2) is 9.61. The molecule has 2 fully saturated rings. The molecule has 1 saturated carbocycles. The van der Waals surface area contributed by atoms with Crippen LogP contribution in [0.4, 0.5) is 0 Å². The highest BCUT2D eigenvalue weighted by atomic mass is 15.6. The fraction of sp³-hybridized carbons (Fsp3) is 0.682. The number of aromatic nitrogens is 4. The normalized spacial score (nSPS) is 24.9. The molecule has 1 aromatic heterocycles. The molecule has 1 aliphatic heterocycles. The van der Waals surface area contributed by atoms with Crippen molar-refractivity contribution in [2.75, 3.05) is 26.2 Å². The molecule has 0 radical (unpaired) electrons. The largest absolute Gasteiger partial charge is 0.322 e. The Bertz CT molecular complexity index is 701. The quantitative estimate of drug-likeness (QED) is 0.749. The molecule has 6 nitrogen and oxygen atoms in total. The third-order valence-electron chi connectivity index (χ3n) is 6.72. The lowest BCUT2D eigenvalue weighted by Crippen LogP contribution is -3.27. The summed E-state index contributed by atoms with van der Waals surface area (Å²) in [5, 5.41) is 13.1. The van der Waals surface area contributed by atoms with Crippen LogP contribution < -0.4 is 9.80 Å². The lowest BCUT2D eigenvalue weighted by Gasteiger charge is -2.34. The van der Waals surface area contributed by atoms with Gasteiger partial charge in [-0.1, -0.05) is 62.9 Å². The molecule has 2 aliphatic rings. The second-order valence-corrected chi connectivity index (χ2v) is 8.69. The summed E-state index contributed by atoms with van der Waals surface area (Å²) in [5.41, 5.74) is 1.45. The van der Waals surface area contributed by atoms with Crippen LogP contribution in [-0.2, 0) is 6.54 Å². The Hall–Kier alpha value is -1.79. The number of hydrogen-bond acceptors (Lipinski definition) is 3. The highest BCUT2D eigenvalue weighted by Gasteiger charge is 2.35. The predicted octanol–water partition coefficient (Wildman–Crippen LogP) is 1.00. The molecule has 1 aliphatic carbocycles. The number of rotatable bonds is 7. The molecule has 0 unspecified atom stereocenters. The highest BCUT2D eigenvalue weighted by molar-refractivity contribution is 5.13. The lowest BCUT2D eigenvalue weighted by molar-refractivity contribution is -1.03. The molecule has 0 spiro atoms. The minimum absolute atomic E-state index is 0.445. The first-order chi connectivity index (χ1) is 13.8. The van der Waals surface area contributed by atoms with E-state index in [1.54, 1.807) is 9.80 Å². The van der Waals surface area contributed by atoms with Crippen molar-refractivity contribution in [1.82, 2.24) is 20.2 Å². The Morgan fingerprint density at radius 2 is 1.79 bits per heavy atom. The summed E-state index contributed by atoms with van der Waals surface area (Å²) in [4.78, 5) is 3.39. The standard InChI is InChI=1S/C22H34N6/c1-2-9-21(22-23-24-25-28(22)20-12-7-4-8-13-20)27-16-14-26(15-17-27)18-19-10-5-3-6-11-19/h3,5-6,10-11,20-21H,2,4,7-9,12-18H2,1H3/p+2/t21-/m1/s1. The van der Waals surface area contributed by atoms with Gasteiger partial charge in [0.25, 0.3) is 0 Å². The SMILES string of the molecule is CCC[C@H](c1nnnn1C1CCCCC1)[NH+]1CC[NH+](Cc2ccccc2)CC1. The van der Waals surface area contributed by atoms with E-state index in [4.69, 9.17) is 0 Å². The number of tetrazole rings is 1. The van der Waals surface area contributed by atoms with Crippen LogP contribution in [-0.4, -0.2) is 46.4 Å². The van der Waals surface area contributed by atoms with E-state index in [9.17, 15) is 0 Å². The van der Waals surface area contributed by atoms with Crippen molar-refractivity contribution >= 4 is 0 Å². The van der Waals surface area contributed by atoms with Gasteiger partial charge in [0.1, 0.15) is 38.8 Å². The van der Waals surface area contributed by atoms with Crippen molar-refractivity contribution in [2.45, 2.75) is 70.5 Å². The molecule has 152 valence electrons. The fourth-order valence-corrected chi connectivity index (χ4v) is 5.15. The van der Waals surface area contributed by atoms with Gasteiger partial charge < -0.3 is 9.80 Å². The maximum absolute atomic E-state index is 4.55. The number of quaternary nitrogens is 2. The van der Waals surface area contributed by atoms with Crippen molar-refractivity contribution in [3.05, 3.63) is 41.7 Å². The summed E-state index contributed by atoms with van der Waals surface area (Å²) in [6.45, 7) is 8.32. The van der Waals surface area contributed by atoms with Gasteiger partial charge in [0.15, 0.2) is 0 Å². The molecule has 6 heteroatoms. The van der Waals surface area contributed by atoms with E-state index < -0.39 is 0 Å². The van der Waals surface area contributed by atoms with Gasteiger partial charge in [-0.15, -0.1) is 5.10 Å². The predicted molar refractivity (Wildman–Crippen MR) is 109 cm³/mol. The van der Waals surface area contributed by atoms with Gasteiger partial charge >= 0.3 is 0 Å². The first kappa shape index (κ1) is 19.5. The molecule has 1 aromatic carbocycles. The van der Waals surface area contributed by atoms with Crippen molar-refractivity contribution < 1.29 is 9.80 Å². The summed E-state index contributed by atoms with van der Waals surface area (Å²) >= 11 is 0. The van der Waals surface area contributed by atoms with Crippen LogP contribution in [0.1, 0.15) is 75.3 Å². The molecule has 1 atom stereocenters. The third kappa shape index (κ3) is 4.61. The van der Waals surface area contributed by atoms with Crippen molar-refractivity contribution in [3.63, 3.8) is 0 Å².